The monoisotopic (exact) mass is 332 g/mol. The van der Waals surface area contributed by atoms with Gasteiger partial charge in [0.2, 0.25) is 11.8 Å². The van der Waals surface area contributed by atoms with Crippen LogP contribution in [0.4, 0.5) is 11.7 Å². The molecule has 0 radical (unpaired) electrons. The van der Waals surface area contributed by atoms with Crippen molar-refractivity contribution in [3.05, 3.63) is 18.2 Å². The van der Waals surface area contributed by atoms with Crippen LogP contribution in [0.15, 0.2) is 22.6 Å². The summed E-state index contributed by atoms with van der Waals surface area (Å²) in [5.41, 5.74) is 1.34. The lowest BCUT2D eigenvalue weighted by Crippen LogP contribution is -2.46. The van der Waals surface area contributed by atoms with Crippen LogP contribution in [0.5, 0.6) is 0 Å². The SMILES string of the molecule is CC(NC(=O)C(C)(C)C)C(=O)Nc1ccc2nc(N(C)C)oc2c1. The molecular formula is C17H24N4O3. The van der Waals surface area contributed by atoms with Crippen LogP contribution in [-0.4, -0.2) is 36.9 Å². The number of carbonyl (C=O) groups is 2. The second-order valence-corrected chi connectivity index (χ2v) is 7.01. The van der Waals surface area contributed by atoms with E-state index >= 15 is 0 Å². The summed E-state index contributed by atoms with van der Waals surface area (Å²) in [5, 5.41) is 5.48. The molecule has 0 saturated carbocycles. The summed E-state index contributed by atoms with van der Waals surface area (Å²) >= 11 is 0. The van der Waals surface area contributed by atoms with Gasteiger partial charge in [-0.3, -0.25) is 9.59 Å². The van der Waals surface area contributed by atoms with Crippen LogP contribution < -0.4 is 15.5 Å². The number of oxazole rings is 1. The fraction of sp³-hybridized carbons (Fsp3) is 0.471. The van der Waals surface area contributed by atoms with Crippen molar-refractivity contribution >= 4 is 34.6 Å². The Morgan fingerprint density at radius 1 is 1.25 bits per heavy atom. The molecule has 2 N–H and O–H groups in total. The van der Waals surface area contributed by atoms with E-state index in [0.717, 1.165) is 0 Å². The Bertz CT molecular complexity index is 759. The maximum atomic E-state index is 12.2. The van der Waals surface area contributed by atoms with Crippen molar-refractivity contribution in [3.8, 4) is 0 Å². The number of benzene rings is 1. The molecule has 0 aliphatic rings. The van der Waals surface area contributed by atoms with E-state index in [1.165, 1.54) is 0 Å². The number of rotatable bonds is 4. The van der Waals surface area contributed by atoms with E-state index in [1.54, 1.807) is 50.8 Å². The van der Waals surface area contributed by atoms with E-state index in [4.69, 9.17) is 4.42 Å². The molecule has 7 nitrogen and oxygen atoms in total. The largest absolute Gasteiger partial charge is 0.423 e. The molecule has 2 amide bonds. The van der Waals surface area contributed by atoms with Crippen LogP contribution in [0.2, 0.25) is 0 Å². The van der Waals surface area contributed by atoms with Gasteiger partial charge in [-0.25, -0.2) is 0 Å². The molecule has 1 aromatic heterocycles. The predicted molar refractivity (Wildman–Crippen MR) is 94.0 cm³/mol. The van der Waals surface area contributed by atoms with E-state index < -0.39 is 11.5 Å². The van der Waals surface area contributed by atoms with Gasteiger partial charge in [-0.2, -0.15) is 4.98 Å². The van der Waals surface area contributed by atoms with Crippen molar-refractivity contribution in [2.75, 3.05) is 24.3 Å². The van der Waals surface area contributed by atoms with E-state index in [-0.39, 0.29) is 11.8 Å². The highest BCUT2D eigenvalue weighted by Crippen LogP contribution is 2.23. The molecule has 0 spiro atoms. The molecule has 0 fully saturated rings. The van der Waals surface area contributed by atoms with Gasteiger partial charge in [0.25, 0.3) is 6.01 Å². The first kappa shape index (κ1) is 17.8. The molecule has 2 rings (SSSR count). The number of hydrogen-bond donors (Lipinski definition) is 2. The maximum Gasteiger partial charge on any atom is 0.297 e. The topological polar surface area (TPSA) is 87.5 Å². The van der Waals surface area contributed by atoms with Crippen molar-refractivity contribution in [2.45, 2.75) is 33.7 Å². The Morgan fingerprint density at radius 2 is 1.92 bits per heavy atom. The standard InChI is InChI=1S/C17H24N4O3/c1-10(18-15(23)17(2,3)4)14(22)19-11-7-8-12-13(9-11)24-16(20-12)21(5)6/h7-10H,1-6H3,(H,18,23)(H,19,22). The van der Waals surface area contributed by atoms with Crippen molar-refractivity contribution in [1.82, 2.24) is 10.3 Å². The summed E-state index contributed by atoms with van der Waals surface area (Å²) in [6.07, 6.45) is 0. The summed E-state index contributed by atoms with van der Waals surface area (Å²) in [6, 6.07) is 5.10. The number of aromatic nitrogens is 1. The lowest BCUT2D eigenvalue weighted by Gasteiger charge is -2.21. The zero-order valence-corrected chi connectivity index (χ0v) is 14.9. The molecule has 0 aliphatic carbocycles. The Balaban J connectivity index is 2.08. The van der Waals surface area contributed by atoms with Gasteiger partial charge in [0.15, 0.2) is 5.58 Å². The molecule has 1 aromatic carbocycles. The van der Waals surface area contributed by atoms with Gasteiger partial charge in [0.05, 0.1) is 0 Å². The second-order valence-electron chi connectivity index (χ2n) is 7.01. The summed E-state index contributed by atoms with van der Waals surface area (Å²) in [5.74, 6) is -0.467. The minimum Gasteiger partial charge on any atom is -0.423 e. The zero-order valence-electron chi connectivity index (χ0n) is 14.9. The van der Waals surface area contributed by atoms with Crippen LogP contribution >= 0.6 is 0 Å². The van der Waals surface area contributed by atoms with Crippen LogP contribution in [0.1, 0.15) is 27.7 Å². The molecule has 7 heteroatoms. The van der Waals surface area contributed by atoms with E-state index in [1.807, 2.05) is 14.1 Å². The molecule has 130 valence electrons. The summed E-state index contributed by atoms with van der Waals surface area (Å²) in [7, 11) is 3.68. The molecule has 0 bridgehead atoms. The highest BCUT2D eigenvalue weighted by atomic mass is 16.4. The molecule has 1 unspecified atom stereocenters. The quantitative estimate of drug-likeness (QED) is 0.897. The van der Waals surface area contributed by atoms with Gasteiger partial charge in [0, 0.05) is 31.3 Å². The second kappa shape index (κ2) is 6.51. The minimum atomic E-state index is -0.639. The summed E-state index contributed by atoms with van der Waals surface area (Å²) in [4.78, 5) is 30.3. The number of anilines is 2. The van der Waals surface area contributed by atoms with E-state index in [0.29, 0.717) is 22.8 Å². The third kappa shape index (κ3) is 4.04. The van der Waals surface area contributed by atoms with Gasteiger partial charge in [-0.05, 0) is 19.1 Å². The van der Waals surface area contributed by atoms with Crippen LogP contribution in [0.25, 0.3) is 11.1 Å². The van der Waals surface area contributed by atoms with E-state index in [2.05, 4.69) is 15.6 Å². The predicted octanol–water partition coefficient (Wildman–Crippen LogP) is 2.38. The highest BCUT2D eigenvalue weighted by Gasteiger charge is 2.25. The van der Waals surface area contributed by atoms with Gasteiger partial charge < -0.3 is 20.0 Å². The summed E-state index contributed by atoms with van der Waals surface area (Å²) in [6.45, 7) is 7.05. The molecule has 24 heavy (non-hydrogen) atoms. The van der Waals surface area contributed by atoms with Crippen LogP contribution in [0.3, 0.4) is 0 Å². The Kier molecular flexibility index (Phi) is 4.82. The average molecular weight is 332 g/mol. The number of hydrogen-bond acceptors (Lipinski definition) is 5. The number of nitrogens with zero attached hydrogens (tertiary/aromatic N) is 2. The fourth-order valence-electron chi connectivity index (χ4n) is 1.91. The maximum absolute atomic E-state index is 12.2. The van der Waals surface area contributed by atoms with Crippen molar-refractivity contribution in [1.29, 1.82) is 0 Å². The third-order valence-electron chi connectivity index (χ3n) is 3.45. The fourth-order valence-corrected chi connectivity index (χ4v) is 1.91. The molecule has 0 saturated heterocycles. The summed E-state index contributed by atoms with van der Waals surface area (Å²) < 4.78 is 5.62. The Morgan fingerprint density at radius 3 is 2.50 bits per heavy atom. The van der Waals surface area contributed by atoms with Crippen molar-refractivity contribution in [3.63, 3.8) is 0 Å². The molecule has 1 heterocycles. The zero-order chi connectivity index (χ0) is 18.1. The Hall–Kier alpha value is -2.57. The average Bonchev–Trinajstić information content (AvgIpc) is 2.89. The smallest absolute Gasteiger partial charge is 0.297 e. The van der Waals surface area contributed by atoms with Gasteiger partial charge >= 0.3 is 0 Å². The number of fused-ring (bicyclic) bond motifs is 1. The lowest BCUT2D eigenvalue weighted by molar-refractivity contribution is -0.131. The Labute approximate surface area is 141 Å². The van der Waals surface area contributed by atoms with Gasteiger partial charge in [0.1, 0.15) is 11.6 Å². The van der Waals surface area contributed by atoms with Gasteiger partial charge in [-0.1, -0.05) is 20.8 Å². The molecule has 0 aliphatic heterocycles. The number of amides is 2. The van der Waals surface area contributed by atoms with Crippen LogP contribution in [-0.2, 0) is 9.59 Å². The van der Waals surface area contributed by atoms with Crippen LogP contribution in [0, 0.1) is 5.41 Å². The first-order chi connectivity index (χ1) is 11.1. The molecular weight excluding hydrogens is 308 g/mol. The highest BCUT2D eigenvalue weighted by molar-refractivity contribution is 5.98. The van der Waals surface area contributed by atoms with E-state index in [9.17, 15) is 9.59 Å². The van der Waals surface area contributed by atoms with Crippen molar-refractivity contribution < 1.29 is 14.0 Å². The molecule has 1 atom stereocenters. The van der Waals surface area contributed by atoms with Crippen molar-refractivity contribution in [2.24, 2.45) is 5.41 Å². The number of carbonyl (C=O) groups excluding carboxylic acids is 2. The third-order valence-corrected chi connectivity index (χ3v) is 3.45. The number of nitrogens with one attached hydrogen (secondary N) is 2. The first-order valence-electron chi connectivity index (χ1n) is 7.77. The minimum absolute atomic E-state index is 0.175. The normalized spacial score (nSPS) is 12.8. The first-order valence-corrected chi connectivity index (χ1v) is 7.77. The lowest BCUT2D eigenvalue weighted by atomic mass is 9.95. The van der Waals surface area contributed by atoms with Gasteiger partial charge in [-0.15, -0.1) is 0 Å². The molecule has 2 aromatic rings.